The van der Waals surface area contributed by atoms with E-state index in [1.807, 2.05) is 0 Å². The number of carboxylic acid groups (broad SMARTS) is 1. The molecule has 0 spiro atoms. The third-order valence-electron chi connectivity index (χ3n) is 2.03. The van der Waals surface area contributed by atoms with Crippen molar-refractivity contribution in [3.63, 3.8) is 0 Å². The second-order valence-corrected chi connectivity index (χ2v) is 3.11. The number of carboxylic acids is 1. The zero-order chi connectivity index (χ0) is 10.8. The molecule has 1 aromatic carbocycles. The highest BCUT2D eigenvalue weighted by Crippen LogP contribution is 2.12. The molecule has 1 heterocycles. The van der Waals surface area contributed by atoms with Crippen molar-refractivity contribution in [1.29, 1.82) is 0 Å². The zero-order valence-electron chi connectivity index (χ0n) is 7.68. The van der Waals surface area contributed by atoms with E-state index in [1.54, 1.807) is 0 Å². The van der Waals surface area contributed by atoms with E-state index >= 15 is 0 Å². The molecule has 0 aliphatic carbocycles. The Morgan fingerprint density at radius 3 is 2.67 bits per heavy atom. The van der Waals surface area contributed by atoms with E-state index < -0.39 is 12.0 Å². The Bertz CT molecular complexity index is 413. The average molecular weight is 209 g/mol. The van der Waals surface area contributed by atoms with E-state index in [4.69, 9.17) is 9.84 Å². The summed E-state index contributed by atoms with van der Waals surface area (Å²) in [7, 11) is 0. The third-order valence-corrected chi connectivity index (χ3v) is 2.03. The SMILES string of the molecule is O=C(O)C1COC(c2ccc(F)cc2)=N1. The van der Waals surface area contributed by atoms with E-state index in [9.17, 15) is 9.18 Å². The van der Waals surface area contributed by atoms with Gasteiger partial charge in [-0.2, -0.15) is 0 Å². The summed E-state index contributed by atoms with van der Waals surface area (Å²) in [5.41, 5.74) is 0.583. The maximum absolute atomic E-state index is 12.6. The highest BCUT2D eigenvalue weighted by Gasteiger charge is 2.25. The molecule has 0 fully saturated rings. The first kappa shape index (κ1) is 9.64. The summed E-state index contributed by atoms with van der Waals surface area (Å²) < 4.78 is 17.7. The smallest absolute Gasteiger partial charge is 0.332 e. The Balaban J connectivity index is 2.22. The van der Waals surface area contributed by atoms with Crippen LogP contribution in [0.1, 0.15) is 5.56 Å². The van der Waals surface area contributed by atoms with Gasteiger partial charge in [-0.1, -0.05) is 0 Å². The number of carbonyl (C=O) groups is 1. The lowest BCUT2D eigenvalue weighted by molar-refractivity contribution is -0.138. The molecule has 0 saturated heterocycles. The molecule has 1 aromatic rings. The van der Waals surface area contributed by atoms with Crippen LogP contribution in [0.4, 0.5) is 4.39 Å². The minimum Gasteiger partial charge on any atom is -0.480 e. The van der Waals surface area contributed by atoms with E-state index in [-0.39, 0.29) is 18.3 Å². The number of ether oxygens (including phenoxy) is 1. The van der Waals surface area contributed by atoms with Gasteiger partial charge in [-0.05, 0) is 24.3 Å². The molecule has 1 aliphatic heterocycles. The van der Waals surface area contributed by atoms with Crippen LogP contribution >= 0.6 is 0 Å². The fourth-order valence-electron chi connectivity index (χ4n) is 1.25. The highest BCUT2D eigenvalue weighted by molar-refractivity contribution is 5.97. The van der Waals surface area contributed by atoms with Crippen molar-refractivity contribution >= 4 is 11.9 Å². The van der Waals surface area contributed by atoms with Gasteiger partial charge in [0.25, 0.3) is 0 Å². The van der Waals surface area contributed by atoms with Gasteiger partial charge in [0.2, 0.25) is 5.90 Å². The van der Waals surface area contributed by atoms with Gasteiger partial charge in [-0.15, -0.1) is 0 Å². The number of aliphatic imine (C=N–C) groups is 1. The third kappa shape index (κ3) is 1.96. The zero-order valence-corrected chi connectivity index (χ0v) is 7.68. The lowest BCUT2D eigenvalue weighted by Gasteiger charge is -1.99. The van der Waals surface area contributed by atoms with E-state index in [1.165, 1.54) is 24.3 Å². The Hall–Kier alpha value is -1.91. The Morgan fingerprint density at radius 1 is 1.47 bits per heavy atom. The van der Waals surface area contributed by atoms with Crippen molar-refractivity contribution in [2.75, 3.05) is 6.61 Å². The quantitative estimate of drug-likeness (QED) is 0.792. The molecule has 0 amide bonds. The molecule has 1 atom stereocenters. The van der Waals surface area contributed by atoms with Gasteiger partial charge in [-0.25, -0.2) is 14.2 Å². The number of nitrogens with zero attached hydrogens (tertiary/aromatic N) is 1. The monoisotopic (exact) mass is 209 g/mol. The molecule has 15 heavy (non-hydrogen) atoms. The van der Waals surface area contributed by atoms with Gasteiger partial charge in [0.05, 0.1) is 0 Å². The molecule has 0 bridgehead atoms. The molecule has 5 heteroatoms. The summed E-state index contributed by atoms with van der Waals surface area (Å²) in [6, 6.07) is 4.69. The first-order chi connectivity index (χ1) is 7.16. The lowest BCUT2D eigenvalue weighted by atomic mass is 10.2. The van der Waals surface area contributed by atoms with Gasteiger partial charge in [0, 0.05) is 5.56 Å². The fraction of sp³-hybridized carbons (Fsp3) is 0.200. The second kappa shape index (κ2) is 3.68. The topological polar surface area (TPSA) is 58.9 Å². The normalized spacial score (nSPS) is 19.5. The van der Waals surface area contributed by atoms with Crippen LogP contribution in [0.2, 0.25) is 0 Å². The van der Waals surface area contributed by atoms with Crippen molar-refractivity contribution in [2.24, 2.45) is 4.99 Å². The Morgan fingerprint density at radius 2 is 2.13 bits per heavy atom. The van der Waals surface area contributed by atoms with Gasteiger partial charge in [0.15, 0.2) is 6.04 Å². The van der Waals surface area contributed by atoms with Crippen LogP contribution in [0.5, 0.6) is 0 Å². The van der Waals surface area contributed by atoms with E-state index in [0.717, 1.165) is 0 Å². The highest BCUT2D eigenvalue weighted by atomic mass is 19.1. The first-order valence-corrected chi connectivity index (χ1v) is 4.36. The van der Waals surface area contributed by atoms with E-state index in [2.05, 4.69) is 4.99 Å². The van der Waals surface area contributed by atoms with Gasteiger partial charge in [0.1, 0.15) is 12.4 Å². The molecule has 78 valence electrons. The lowest BCUT2D eigenvalue weighted by Crippen LogP contribution is -2.18. The van der Waals surface area contributed by atoms with Gasteiger partial charge >= 0.3 is 5.97 Å². The first-order valence-electron chi connectivity index (χ1n) is 4.36. The average Bonchev–Trinajstić information content (AvgIpc) is 2.68. The second-order valence-electron chi connectivity index (χ2n) is 3.11. The minimum absolute atomic E-state index is 0.0298. The maximum Gasteiger partial charge on any atom is 0.332 e. The summed E-state index contributed by atoms with van der Waals surface area (Å²) in [5.74, 6) is -1.12. The fourth-order valence-corrected chi connectivity index (χ4v) is 1.25. The van der Waals surface area contributed by atoms with Gasteiger partial charge < -0.3 is 9.84 Å². The maximum atomic E-state index is 12.6. The summed E-state index contributed by atoms with van der Waals surface area (Å²) in [6.45, 7) is 0.0298. The summed E-state index contributed by atoms with van der Waals surface area (Å²) in [6.07, 6.45) is 0. The molecule has 4 nitrogen and oxygen atoms in total. The molecular weight excluding hydrogens is 201 g/mol. The van der Waals surface area contributed by atoms with Crippen molar-refractivity contribution in [3.8, 4) is 0 Å². The number of hydrogen-bond donors (Lipinski definition) is 1. The molecule has 2 rings (SSSR count). The summed E-state index contributed by atoms with van der Waals surface area (Å²) in [4.78, 5) is 14.4. The molecule has 0 aromatic heterocycles. The Kier molecular flexibility index (Phi) is 2.37. The van der Waals surface area contributed by atoms with Crippen molar-refractivity contribution in [1.82, 2.24) is 0 Å². The number of rotatable bonds is 2. The van der Waals surface area contributed by atoms with Crippen LogP contribution in [0.25, 0.3) is 0 Å². The number of aliphatic carboxylic acids is 1. The molecule has 1 unspecified atom stereocenters. The molecule has 0 radical (unpaired) electrons. The summed E-state index contributed by atoms with van der Waals surface area (Å²) in [5, 5.41) is 8.67. The van der Waals surface area contributed by atoms with Crippen LogP contribution < -0.4 is 0 Å². The van der Waals surface area contributed by atoms with Gasteiger partial charge in [-0.3, -0.25) is 0 Å². The van der Waals surface area contributed by atoms with Crippen LogP contribution in [0.15, 0.2) is 29.3 Å². The van der Waals surface area contributed by atoms with Crippen LogP contribution in [-0.4, -0.2) is 29.6 Å². The minimum atomic E-state index is -1.02. The van der Waals surface area contributed by atoms with Crippen LogP contribution in [-0.2, 0) is 9.53 Å². The molecule has 1 N–H and O–H groups in total. The number of hydrogen-bond acceptors (Lipinski definition) is 3. The number of halogens is 1. The van der Waals surface area contributed by atoms with Crippen molar-refractivity contribution in [2.45, 2.75) is 6.04 Å². The van der Waals surface area contributed by atoms with Crippen molar-refractivity contribution in [3.05, 3.63) is 35.6 Å². The molecule has 0 saturated carbocycles. The number of benzene rings is 1. The van der Waals surface area contributed by atoms with Crippen LogP contribution in [0.3, 0.4) is 0 Å². The predicted octanol–water partition coefficient (Wildman–Crippen LogP) is 1.06. The standard InChI is InChI=1S/C10H8FNO3/c11-7-3-1-6(2-4-7)9-12-8(5-15-9)10(13)14/h1-4,8H,5H2,(H,13,14). The van der Waals surface area contributed by atoms with Crippen LogP contribution in [0, 0.1) is 5.82 Å². The summed E-state index contributed by atoms with van der Waals surface area (Å²) >= 11 is 0. The molecule has 1 aliphatic rings. The largest absolute Gasteiger partial charge is 0.480 e. The van der Waals surface area contributed by atoms with Crippen molar-refractivity contribution < 1.29 is 19.0 Å². The molecular formula is C10H8FNO3. The predicted molar refractivity (Wildman–Crippen MR) is 50.3 cm³/mol. The van der Waals surface area contributed by atoms with E-state index in [0.29, 0.717) is 5.56 Å². The Labute approximate surface area is 85.0 Å².